The second-order valence-electron chi connectivity index (χ2n) is 4.09. The van der Waals surface area contributed by atoms with Crippen molar-refractivity contribution in [2.24, 2.45) is 5.92 Å². The smallest absolute Gasteiger partial charge is 0.227 e. The van der Waals surface area contributed by atoms with Gasteiger partial charge in [-0.15, -0.1) is 0 Å². The standard InChI is InChI=1S/C9H14N2O4S/c12-5-8-10-9(15-11-8)4-7-2-1-3-16(13,14)6-7/h7,12H,1-6H2. The summed E-state index contributed by atoms with van der Waals surface area (Å²) in [6, 6.07) is 0. The highest BCUT2D eigenvalue weighted by atomic mass is 32.2. The summed E-state index contributed by atoms with van der Waals surface area (Å²) in [4.78, 5) is 3.95. The number of aliphatic hydroxyl groups excluding tert-OH is 1. The molecule has 0 spiro atoms. The Morgan fingerprint density at radius 2 is 2.31 bits per heavy atom. The Labute approximate surface area is 93.6 Å². The molecular weight excluding hydrogens is 232 g/mol. The Hall–Kier alpha value is -0.950. The van der Waals surface area contributed by atoms with E-state index in [0.29, 0.717) is 18.7 Å². The lowest BCUT2D eigenvalue weighted by atomic mass is 10.0. The van der Waals surface area contributed by atoms with Crippen LogP contribution in [0.1, 0.15) is 24.6 Å². The summed E-state index contributed by atoms with van der Waals surface area (Å²) in [7, 11) is -2.89. The van der Waals surface area contributed by atoms with Crippen LogP contribution in [0.3, 0.4) is 0 Å². The van der Waals surface area contributed by atoms with Crippen LogP contribution >= 0.6 is 0 Å². The van der Waals surface area contributed by atoms with E-state index in [2.05, 4.69) is 10.1 Å². The molecule has 1 aromatic rings. The number of nitrogens with zero attached hydrogens (tertiary/aromatic N) is 2. The largest absolute Gasteiger partial charge is 0.388 e. The predicted octanol–water partition coefficient (Wildman–Crippen LogP) is -0.0708. The number of hydrogen-bond donors (Lipinski definition) is 1. The first-order valence-electron chi connectivity index (χ1n) is 5.22. The number of sulfone groups is 1. The molecule has 16 heavy (non-hydrogen) atoms. The van der Waals surface area contributed by atoms with Crippen LogP contribution in [0.15, 0.2) is 4.52 Å². The summed E-state index contributed by atoms with van der Waals surface area (Å²) >= 11 is 0. The first kappa shape index (κ1) is 11.5. The number of rotatable bonds is 3. The van der Waals surface area contributed by atoms with Crippen LogP contribution in [0.5, 0.6) is 0 Å². The van der Waals surface area contributed by atoms with E-state index in [1.165, 1.54) is 0 Å². The van der Waals surface area contributed by atoms with E-state index in [9.17, 15) is 8.42 Å². The molecule has 1 aliphatic rings. The predicted molar refractivity (Wildman–Crippen MR) is 55.3 cm³/mol. The molecule has 1 fully saturated rings. The molecule has 1 saturated heterocycles. The molecule has 1 N–H and O–H groups in total. The van der Waals surface area contributed by atoms with Crippen molar-refractivity contribution in [2.45, 2.75) is 25.9 Å². The third kappa shape index (κ3) is 2.79. The fourth-order valence-corrected chi connectivity index (χ4v) is 3.74. The van der Waals surface area contributed by atoms with Gasteiger partial charge in [-0.2, -0.15) is 4.98 Å². The Bertz CT molecular complexity index is 454. The average molecular weight is 246 g/mol. The van der Waals surface area contributed by atoms with Crippen molar-refractivity contribution in [3.8, 4) is 0 Å². The summed E-state index contributed by atoms with van der Waals surface area (Å²) < 4.78 is 27.7. The first-order chi connectivity index (χ1) is 7.59. The van der Waals surface area contributed by atoms with Gasteiger partial charge >= 0.3 is 0 Å². The van der Waals surface area contributed by atoms with E-state index in [-0.39, 0.29) is 29.9 Å². The van der Waals surface area contributed by atoms with Gasteiger partial charge in [-0.1, -0.05) is 5.16 Å². The maximum absolute atomic E-state index is 11.4. The molecule has 90 valence electrons. The molecular formula is C9H14N2O4S. The van der Waals surface area contributed by atoms with Gasteiger partial charge in [0.15, 0.2) is 15.7 Å². The molecule has 2 heterocycles. The van der Waals surface area contributed by atoms with Crippen molar-refractivity contribution in [3.05, 3.63) is 11.7 Å². The lowest BCUT2D eigenvalue weighted by Gasteiger charge is -2.19. The molecule has 0 aromatic carbocycles. The van der Waals surface area contributed by atoms with Crippen molar-refractivity contribution in [2.75, 3.05) is 11.5 Å². The van der Waals surface area contributed by atoms with E-state index in [0.717, 1.165) is 6.42 Å². The zero-order valence-electron chi connectivity index (χ0n) is 8.79. The quantitative estimate of drug-likeness (QED) is 0.802. The van der Waals surface area contributed by atoms with Gasteiger partial charge in [0.2, 0.25) is 5.89 Å². The number of hydrogen-bond acceptors (Lipinski definition) is 6. The van der Waals surface area contributed by atoms with Gasteiger partial charge in [-0.05, 0) is 18.8 Å². The number of aliphatic hydroxyl groups is 1. The van der Waals surface area contributed by atoms with Gasteiger partial charge in [-0.3, -0.25) is 0 Å². The zero-order chi connectivity index (χ0) is 11.6. The SMILES string of the molecule is O=S1(=O)CCCC(Cc2nc(CO)no2)C1. The van der Waals surface area contributed by atoms with E-state index >= 15 is 0 Å². The molecule has 0 saturated carbocycles. The molecule has 0 amide bonds. The maximum Gasteiger partial charge on any atom is 0.227 e. The molecule has 1 aromatic heterocycles. The van der Waals surface area contributed by atoms with E-state index < -0.39 is 9.84 Å². The van der Waals surface area contributed by atoms with Gasteiger partial charge in [0, 0.05) is 6.42 Å². The van der Waals surface area contributed by atoms with Crippen molar-refractivity contribution in [3.63, 3.8) is 0 Å². The fourth-order valence-electron chi connectivity index (χ4n) is 1.96. The van der Waals surface area contributed by atoms with Crippen molar-refractivity contribution in [1.29, 1.82) is 0 Å². The fraction of sp³-hybridized carbons (Fsp3) is 0.778. The molecule has 6 nitrogen and oxygen atoms in total. The molecule has 1 aliphatic heterocycles. The van der Waals surface area contributed by atoms with Gasteiger partial charge in [-0.25, -0.2) is 8.42 Å². The molecule has 2 rings (SSSR count). The van der Waals surface area contributed by atoms with E-state index in [1.54, 1.807) is 0 Å². The van der Waals surface area contributed by atoms with Crippen molar-refractivity contribution >= 4 is 9.84 Å². The Morgan fingerprint density at radius 3 is 2.94 bits per heavy atom. The third-order valence-electron chi connectivity index (χ3n) is 2.67. The van der Waals surface area contributed by atoms with Gasteiger partial charge in [0.25, 0.3) is 0 Å². The van der Waals surface area contributed by atoms with Crippen LogP contribution in [-0.2, 0) is 22.9 Å². The molecule has 0 aliphatic carbocycles. The maximum atomic E-state index is 11.4. The van der Waals surface area contributed by atoms with Gasteiger partial charge < -0.3 is 9.63 Å². The molecule has 7 heteroatoms. The highest BCUT2D eigenvalue weighted by molar-refractivity contribution is 7.91. The summed E-state index contributed by atoms with van der Waals surface area (Å²) in [6.45, 7) is -0.257. The first-order valence-corrected chi connectivity index (χ1v) is 7.04. The second kappa shape index (κ2) is 4.50. The molecule has 0 bridgehead atoms. The summed E-state index contributed by atoms with van der Waals surface area (Å²) in [5.41, 5.74) is 0. The van der Waals surface area contributed by atoms with Crippen LogP contribution in [0.25, 0.3) is 0 Å². The van der Waals surface area contributed by atoms with Gasteiger partial charge in [0.1, 0.15) is 6.61 Å². The average Bonchev–Trinajstić information content (AvgIpc) is 2.64. The lowest BCUT2D eigenvalue weighted by Crippen LogP contribution is -2.26. The minimum absolute atomic E-state index is 0.0609. The zero-order valence-corrected chi connectivity index (χ0v) is 9.61. The lowest BCUT2D eigenvalue weighted by molar-refractivity contribution is 0.262. The van der Waals surface area contributed by atoms with Crippen LogP contribution < -0.4 is 0 Å². The molecule has 0 radical (unpaired) electrons. The molecule has 1 atom stereocenters. The monoisotopic (exact) mass is 246 g/mol. The normalized spacial score (nSPS) is 24.4. The van der Waals surface area contributed by atoms with Gasteiger partial charge in [0.05, 0.1) is 11.5 Å². The Morgan fingerprint density at radius 1 is 1.50 bits per heavy atom. The van der Waals surface area contributed by atoms with Crippen LogP contribution in [0.2, 0.25) is 0 Å². The van der Waals surface area contributed by atoms with E-state index in [1.807, 2.05) is 0 Å². The Balaban J connectivity index is 1.99. The van der Waals surface area contributed by atoms with Crippen molar-refractivity contribution < 1.29 is 18.0 Å². The summed E-state index contributed by atoms with van der Waals surface area (Å²) in [6.07, 6.45) is 2.05. The highest BCUT2D eigenvalue weighted by Gasteiger charge is 2.26. The van der Waals surface area contributed by atoms with E-state index in [4.69, 9.17) is 9.63 Å². The van der Waals surface area contributed by atoms with Crippen LogP contribution in [-0.4, -0.2) is 35.2 Å². The minimum Gasteiger partial charge on any atom is -0.388 e. The summed E-state index contributed by atoms with van der Waals surface area (Å²) in [5.74, 6) is 1.20. The van der Waals surface area contributed by atoms with Crippen LogP contribution in [0.4, 0.5) is 0 Å². The van der Waals surface area contributed by atoms with Crippen molar-refractivity contribution in [1.82, 2.24) is 10.1 Å². The third-order valence-corrected chi connectivity index (χ3v) is 4.56. The summed E-state index contributed by atoms with van der Waals surface area (Å²) in [5, 5.41) is 12.3. The molecule has 1 unspecified atom stereocenters. The topological polar surface area (TPSA) is 93.3 Å². The highest BCUT2D eigenvalue weighted by Crippen LogP contribution is 2.21. The van der Waals surface area contributed by atoms with Crippen LogP contribution in [0, 0.1) is 5.92 Å². The Kier molecular flexibility index (Phi) is 3.25. The minimum atomic E-state index is -2.89. The number of aromatic nitrogens is 2. The second-order valence-corrected chi connectivity index (χ2v) is 6.32.